The summed E-state index contributed by atoms with van der Waals surface area (Å²) in [6, 6.07) is 15.7. The summed E-state index contributed by atoms with van der Waals surface area (Å²) in [6.07, 6.45) is 3.46. The van der Waals surface area contributed by atoms with Crippen LogP contribution in [0.1, 0.15) is 24.0 Å². The van der Waals surface area contributed by atoms with Crippen LogP contribution in [0.5, 0.6) is 5.75 Å². The molecule has 1 unspecified atom stereocenters. The lowest BCUT2D eigenvalue weighted by atomic mass is 9.75. The molecule has 0 aliphatic carbocycles. The monoisotopic (exact) mass is 455 g/mol. The molecule has 1 N–H and O–H groups in total. The topological polar surface area (TPSA) is 61.9 Å². The van der Waals surface area contributed by atoms with Crippen LogP contribution >= 0.6 is 0 Å². The van der Waals surface area contributed by atoms with Crippen molar-refractivity contribution < 1.29 is 13.2 Å². The molecule has 2 aromatic carbocycles. The van der Waals surface area contributed by atoms with Gasteiger partial charge in [0, 0.05) is 38.8 Å². The largest absolute Gasteiger partial charge is 0.497 e. The first kappa shape index (κ1) is 21.9. The lowest BCUT2D eigenvalue weighted by Gasteiger charge is -2.51. The normalized spacial score (nSPS) is 27.8. The van der Waals surface area contributed by atoms with E-state index in [9.17, 15) is 8.42 Å². The maximum Gasteiger partial charge on any atom is 0.240 e. The van der Waals surface area contributed by atoms with Crippen LogP contribution in [0, 0.1) is 11.8 Å². The molecule has 6 rings (SSSR count). The number of nitrogens with one attached hydrogen (secondary N) is 1. The number of nitrogens with zero attached hydrogens (tertiary/aromatic N) is 2. The molecule has 3 saturated heterocycles. The van der Waals surface area contributed by atoms with Crippen molar-refractivity contribution in [1.82, 2.24) is 14.5 Å². The van der Waals surface area contributed by atoms with Crippen LogP contribution < -0.4 is 9.46 Å². The van der Waals surface area contributed by atoms with Crippen LogP contribution in [0.25, 0.3) is 0 Å². The maximum absolute atomic E-state index is 12.7. The van der Waals surface area contributed by atoms with E-state index in [0.29, 0.717) is 30.2 Å². The molecule has 4 aliphatic heterocycles. The molecule has 4 heterocycles. The van der Waals surface area contributed by atoms with Crippen LogP contribution in [-0.2, 0) is 23.0 Å². The SMILES string of the molecule is COc1ccc(S(=O)(=O)NC[C@H]2C[C@@H]3CCN2C[C@@H]3CN2CCc3ccccc3C2)cc1. The van der Waals surface area contributed by atoms with Gasteiger partial charge in [0.15, 0.2) is 0 Å². The first-order valence-electron chi connectivity index (χ1n) is 11.7. The van der Waals surface area contributed by atoms with Crippen LogP contribution in [0.3, 0.4) is 0 Å². The Morgan fingerprint density at radius 3 is 2.56 bits per heavy atom. The van der Waals surface area contributed by atoms with Crippen LogP contribution in [-0.4, -0.2) is 64.1 Å². The van der Waals surface area contributed by atoms with E-state index >= 15 is 0 Å². The second kappa shape index (κ2) is 9.14. The smallest absolute Gasteiger partial charge is 0.240 e. The van der Waals surface area contributed by atoms with Crippen molar-refractivity contribution in [3.63, 3.8) is 0 Å². The second-order valence-electron chi connectivity index (χ2n) is 9.47. The number of hydrogen-bond acceptors (Lipinski definition) is 5. The molecule has 32 heavy (non-hydrogen) atoms. The number of fused-ring (bicyclic) bond motifs is 4. The van der Waals surface area contributed by atoms with E-state index in [1.165, 1.54) is 17.5 Å². The third-order valence-electron chi connectivity index (χ3n) is 7.60. The molecule has 172 valence electrons. The van der Waals surface area contributed by atoms with Crippen molar-refractivity contribution in [3.05, 3.63) is 59.7 Å². The van der Waals surface area contributed by atoms with Crippen molar-refractivity contribution >= 4 is 10.0 Å². The Morgan fingerprint density at radius 2 is 1.84 bits per heavy atom. The summed E-state index contributed by atoms with van der Waals surface area (Å²) < 4.78 is 33.4. The number of ether oxygens (including phenoxy) is 1. The maximum atomic E-state index is 12.7. The Hall–Kier alpha value is -1.93. The van der Waals surface area contributed by atoms with Gasteiger partial charge in [-0.05, 0) is 73.0 Å². The second-order valence-corrected chi connectivity index (χ2v) is 11.2. The highest BCUT2D eigenvalue weighted by atomic mass is 32.2. The van der Waals surface area contributed by atoms with Gasteiger partial charge in [0.05, 0.1) is 12.0 Å². The summed E-state index contributed by atoms with van der Waals surface area (Å²) in [6.45, 7) is 6.00. The molecular weight excluding hydrogens is 422 g/mol. The third kappa shape index (κ3) is 4.57. The molecule has 0 spiro atoms. The fourth-order valence-corrected chi connectivity index (χ4v) is 6.83. The van der Waals surface area contributed by atoms with E-state index in [-0.39, 0.29) is 4.90 Å². The zero-order valence-electron chi connectivity index (χ0n) is 18.7. The highest BCUT2D eigenvalue weighted by Crippen LogP contribution is 2.37. The summed E-state index contributed by atoms with van der Waals surface area (Å²) in [7, 11) is -1.93. The number of sulfonamides is 1. The van der Waals surface area contributed by atoms with E-state index < -0.39 is 10.0 Å². The number of hydrogen-bond donors (Lipinski definition) is 1. The van der Waals surface area contributed by atoms with Gasteiger partial charge in [0.2, 0.25) is 10.0 Å². The zero-order chi connectivity index (χ0) is 22.1. The van der Waals surface area contributed by atoms with Gasteiger partial charge >= 0.3 is 0 Å². The van der Waals surface area contributed by atoms with E-state index in [0.717, 1.165) is 45.6 Å². The molecule has 4 atom stereocenters. The molecule has 4 aliphatic rings. The van der Waals surface area contributed by atoms with E-state index in [1.54, 1.807) is 31.4 Å². The Labute approximate surface area is 191 Å². The van der Waals surface area contributed by atoms with Gasteiger partial charge in [-0.1, -0.05) is 24.3 Å². The van der Waals surface area contributed by atoms with Gasteiger partial charge in [0.1, 0.15) is 5.75 Å². The van der Waals surface area contributed by atoms with Crippen LogP contribution in [0.4, 0.5) is 0 Å². The fraction of sp³-hybridized carbons (Fsp3) is 0.520. The average Bonchev–Trinajstić information content (AvgIpc) is 2.83. The van der Waals surface area contributed by atoms with E-state index in [4.69, 9.17) is 4.74 Å². The van der Waals surface area contributed by atoms with Crippen molar-refractivity contribution in [2.75, 3.05) is 39.8 Å². The lowest BCUT2D eigenvalue weighted by molar-refractivity contribution is -0.0118. The quantitative estimate of drug-likeness (QED) is 0.696. The highest BCUT2D eigenvalue weighted by molar-refractivity contribution is 7.89. The molecule has 0 amide bonds. The van der Waals surface area contributed by atoms with E-state index in [2.05, 4.69) is 38.8 Å². The number of benzene rings is 2. The van der Waals surface area contributed by atoms with Gasteiger partial charge in [-0.2, -0.15) is 0 Å². The molecule has 0 aromatic heterocycles. The van der Waals surface area contributed by atoms with Crippen molar-refractivity contribution in [1.29, 1.82) is 0 Å². The fourth-order valence-electron chi connectivity index (χ4n) is 5.75. The van der Waals surface area contributed by atoms with Gasteiger partial charge in [-0.3, -0.25) is 9.80 Å². The molecule has 6 nitrogen and oxygen atoms in total. The minimum absolute atomic E-state index is 0.289. The molecule has 2 bridgehead atoms. The third-order valence-corrected chi connectivity index (χ3v) is 9.03. The lowest BCUT2D eigenvalue weighted by Crippen LogP contribution is -2.58. The van der Waals surface area contributed by atoms with E-state index in [1.807, 2.05) is 0 Å². The Morgan fingerprint density at radius 1 is 1.06 bits per heavy atom. The summed E-state index contributed by atoms with van der Waals surface area (Å²) in [5, 5.41) is 0. The number of rotatable bonds is 7. The van der Waals surface area contributed by atoms with Gasteiger partial charge in [0.25, 0.3) is 0 Å². The summed E-state index contributed by atoms with van der Waals surface area (Å²) in [4.78, 5) is 5.42. The average molecular weight is 456 g/mol. The minimum atomic E-state index is -3.51. The number of piperidine rings is 3. The molecule has 2 aromatic rings. The van der Waals surface area contributed by atoms with Gasteiger partial charge in [-0.25, -0.2) is 13.1 Å². The summed E-state index contributed by atoms with van der Waals surface area (Å²) in [5.74, 6) is 2.03. The van der Waals surface area contributed by atoms with Gasteiger partial charge < -0.3 is 4.74 Å². The first-order valence-corrected chi connectivity index (χ1v) is 13.2. The van der Waals surface area contributed by atoms with Crippen molar-refractivity contribution in [2.45, 2.75) is 36.7 Å². The predicted molar refractivity (Wildman–Crippen MR) is 125 cm³/mol. The highest BCUT2D eigenvalue weighted by Gasteiger charge is 2.41. The minimum Gasteiger partial charge on any atom is -0.497 e. The molecule has 0 radical (unpaired) electrons. The molecule has 7 heteroatoms. The first-order chi connectivity index (χ1) is 15.5. The Balaban J connectivity index is 1.16. The Kier molecular flexibility index (Phi) is 6.25. The zero-order valence-corrected chi connectivity index (χ0v) is 19.6. The van der Waals surface area contributed by atoms with Crippen molar-refractivity contribution in [2.24, 2.45) is 11.8 Å². The summed E-state index contributed by atoms with van der Waals surface area (Å²) >= 11 is 0. The standard InChI is InChI=1S/C25H33N3O3S/c1-31-24-6-8-25(9-7-24)32(29,30)26-15-23-14-20-11-13-28(23)18-22(20)17-27-12-10-19-4-2-3-5-21(19)16-27/h2-9,20,22-23,26H,10-18H2,1H3/t20-,22-,23+/m0/s1. The molecule has 3 fully saturated rings. The molecule has 0 saturated carbocycles. The van der Waals surface area contributed by atoms with Crippen LogP contribution in [0.2, 0.25) is 0 Å². The van der Waals surface area contributed by atoms with Crippen molar-refractivity contribution in [3.8, 4) is 5.75 Å². The Bertz CT molecular complexity index is 1040. The van der Waals surface area contributed by atoms with Gasteiger partial charge in [-0.15, -0.1) is 0 Å². The molecular formula is C25H33N3O3S. The summed E-state index contributed by atoms with van der Waals surface area (Å²) in [5.41, 5.74) is 2.98. The number of methoxy groups -OCH3 is 1. The predicted octanol–water partition coefficient (Wildman–Crippen LogP) is 2.74. The van der Waals surface area contributed by atoms with Crippen LogP contribution in [0.15, 0.2) is 53.4 Å².